The summed E-state index contributed by atoms with van der Waals surface area (Å²) >= 11 is 0. The van der Waals surface area contributed by atoms with Crippen LogP contribution in [-0.4, -0.2) is 99.5 Å². The molecule has 8 heteroatoms. The molecule has 0 unspecified atom stereocenters. The Balaban J connectivity index is 3.86. The second-order valence-electron chi connectivity index (χ2n) is 6.11. The zero-order valence-electron chi connectivity index (χ0n) is 15.2. The van der Waals surface area contributed by atoms with Crippen LogP contribution >= 0.6 is 14.4 Å². The summed E-state index contributed by atoms with van der Waals surface area (Å²) in [7, 11) is 14.3. The lowest BCUT2D eigenvalue weighted by molar-refractivity contribution is -0.135. The van der Waals surface area contributed by atoms with Gasteiger partial charge in [-0.15, -0.1) is 0 Å². The van der Waals surface area contributed by atoms with Crippen LogP contribution in [0.25, 0.3) is 0 Å². The molecule has 0 radical (unpaired) electrons. The van der Waals surface area contributed by atoms with Crippen molar-refractivity contribution in [1.82, 2.24) is 18.7 Å². The number of rotatable bonds is 5. The highest BCUT2D eigenvalue weighted by molar-refractivity contribution is 7.99. The summed E-state index contributed by atoms with van der Waals surface area (Å²) < 4.78 is 13.9. The number of carbonyl (C=O) groups is 1. The molecule has 22 heavy (non-hydrogen) atoms. The summed E-state index contributed by atoms with van der Waals surface area (Å²) in [5.41, 5.74) is 3.11. The van der Waals surface area contributed by atoms with Crippen molar-refractivity contribution in [2.75, 3.05) is 63.5 Å². The Kier molecular flexibility index (Phi) is 6.30. The topological polar surface area (TPSA) is 39.3 Å². The number of ether oxygens (including phenoxy) is 1. The van der Waals surface area contributed by atoms with E-state index in [2.05, 4.69) is 92.2 Å². The summed E-state index contributed by atoms with van der Waals surface area (Å²) in [6.07, 6.45) is 0. The van der Waals surface area contributed by atoms with Gasteiger partial charge in [0.2, 0.25) is 0 Å². The van der Waals surface area contributed by atoms with Crippen molar-refractivity contribution < 1.29 is 9.53 Å². The highest BCUT2D eigenvalue weighted by atomic mass is 31.2. The van der Waals surface area contributed by atoms with Crippen LogP contribution < -0.4 is 0 Å². The average molecular weight is 348 g/mol. The van der Waals surface area contributed by atoms with Crippen LogP contribution in [0.3, 0.4) is 0 Å². The molecule has 0 amide bonds. The van der Waals surface area contributed by atoms with Crippen LogP contribution in [0.4, 0.5) is 0 Å². The molecule has 0 aliphatic carbocycles. The summed E-state index contributed by atoms with van der Waals surface area (Å²) in [5.74, 6) is 3.91. The van der Waals surface area contributed by atoms with Crippen LogP contribution in [0.1, 0.15) is 0 Å². The predicted octanol–water partition coefficient (Wildman–Crippen LogP) is 1.56. The van der Waals surface area contributed by atoms with E-state index in [1.807, 2.05) is 0 Å². The van der Waals surface area contributed by atoms with Crippen molar-refractivity contribution in [3.8, 4) is 0 Å². The van der Waals surface area contributed by atoms with E-state index >= 15 is 0 Å². The van der Waals surface area contributed by atoms with Gasteiger partial charge in [-0.1, -0.05) is 0 Å². The largest absolute Gasteiger partial charge is 0.465 e. The third-order valence-corrected chi connectivity index (χ3v) is 13.1. The van der Waals surface area contributed by atoms with E-state index in [0.29, 0.717) is 5.57 Å². The monoisotopic (exact) mass is 348 g/mol. The molecule has 0 saturated carbocycles. The van der Waals surface area contributed by atoms with Gasteiger partial charge in [-0.05, 0) is 73.5 Å². The van der Waals surface area contributed by atoms with E-state index in [9.17, 15) is 4.79 Å². The minimum atomic E-state index is -1.87. The molecular formula is C14H30N4O2P2. The average Bonchev–Trinajstić information content (AvgIpc) is 2.44. The zero-order valence-corrected chi connectivity index (χ0v) is 17.0. The number of methoxy groups -OCH3 is 1. The molecule has 1 aliphatic heterocycles. The van der Waals surface area contributed by atoms with Gasteiger partial charge in [-0.3, -0.25) is 18.7 Å². The first-order valence-electron chi connectivity index (χ1n) is 7.05. The minimum Gasteiger partial charge on any atom is -0.465 e. The Labute approximate surface area is 135 Å². The van der Waals surface area contributed by atoms with Crippen molar-refractivity contribution in [2.45, 2.75) is 0 Å². The third-order valence-electron chi connectivity index (χ3n) is 3.98. The lowest BCUT2D eigenvalue weighted by Gasteiger charge is -2.45. The van der Waals surface area contributed by atoms with Gasteiger partial charge in [0.05, 0.1) is 12.7 Å². The first-order chi connectivity index (χ1) is 10.0. The fourth-order valence-corrected chi connectivity index (χ4v) is 12.1. The Hall–Kier alpha value is -0.350. The van der Waals surface area contributed by atoms with Crippen molar-refractivity contribution in [3.63, 3.8) is 0 Å². The van der Waals surface area contributed by atoms with Gasteiger partial charge in [0.1, 0.15) is 0 Å². The quantitative estimate of drug-likeness (QED) is 0.555. The lowest BCUT2D eigenvalue weighted by atomic mass is 10.4. The summed E-state index contributed by atoms with van der Waals surface area (Å²) in [5, 5.41) is 0. The highest BCUT2D eigenvalue weighted by Gasteiger charge is 2.34. The normalized spacial score (nSPS) is 20.0. The maximum absolute atomic E-state index is 12.3. The first-order valence-corrected chi connectivity index (χ1v) is 10.7. The maximum atomic E-state index is 12.3. The van der Waals surface area contributed by atoms with Crippen molar-refractivity contribution in [2.24, 2.45) is 0 Å². The molecule has 0 bridgehead atoms. The van der Waals surface area contributed by atoms with E-state index in [4.69, 9.17) is 4.74 Å². The SMILES string of the molecule is COC(=O)C1=CP(N(C)C)(N(C)C)=CP(N(C)C)(N(C)C)=C1. The molecule has 0 spiro atoms. The van der Waals surface area contributed by atoms with E-state index < -0.39 is 14.4 Å². The Bertz CT molecular complexity index is 534. The van der Waals surface area contributed by atoms with Gasteiger partial charge in [0, 0.05) is 14.4 Å². The summed E-state index contributed by atoms with van der Waals surface area (Å²) in [4.78, 5) is 12.3. The lowest BCUT2D eigenvalue weighted by Crippen LogP contribution is -2.31. The predicted molar refractivity (Wildman–Crippen MR) is 101 cm³/mol. The Morgan fingerprint density at radius 1 is 0.864 bits per heavy atom. The van der Waals surface area contributed by atoms with E-state index in [1.165, 1.54) is 7.11 Å². The molecule has 1 rings (SSSR count). The van der Waals surface area contributed by atoms with Crippen LogP contribution in [0, 0.1) is 0 Å². The van der Waals surface area contributed by atoms with Gasteiger partial charge < -0.3 is 4.74 Å². The number of hydrogen-bond donors (Lipinski definition) is 0. The molecule has 128 valence electrons. The van der Waals surface area contributed by atoms with Crippen LogP contribution in [-0.2, 0) is 9.53 Å². The number of esters is 1. The molecule has 0 aromatic heterocycles. The Morgan fingerprint density at radius 3 is 1.59 bits per heavy atom. The van der Waals surface area contributed by atoms with E-state index in [-0.39, 0.29) is 5.97 Å². The van der Waals surface area contributed by atoms with Crippen LogP contribution in [0.2, 0.25) is 0 Å². The molecule has 1 heterocycles. The van der Waals surface area contributed by atoms with Gasteiger partial charge in [-0.2, -0.15) is 0 Å². The second kappa shape index (κ2) is 7.04. The van der Waals surface area contributed by atoms with Gasteiger partial charge in [0.25, 0.3) is 0 Å². The van der Waals surface area contributed by atoms with Crippen molar-refractivity contribution >= 4 is 31.7 Å². The molecule has 0 fully saturated rings. The summed E-state index contributed by atoms with van der Waals surface area (Å²) in [6.45, 7) is 0. The number of hydrogen-bond acceptors (Lipinski definition) is 6. The summed E-state index contributed by atoms with van der Waals surface area (Å²) in [6, 6.07) is 0. The minimum absolute atomic E-state index is 0.269. The number of nitrogens with zero attached hydrogens (tertiary/aromatic N) is 4. The fraction of sp³-hybridized carbons (Fsp3) is 0.643. The molecule has 0 aromatic rings. The molecule has 6 nitrogen and oxygen atoms in total. The standard InChI is InChI=1S/C14H30N4O2P2/c1-15(2)21(16(3)4)10-13(14(19)20-9)11-22(12-21,17(5)6)18(7)8/h10-12H,1-9H3. The fourth-order valence-electron chi connectivity index (χ4n) is 2.57. The second-order valence-corrected chi connectivity index (χ2v) is 13.6. The van der Waals surface area contributed by atoms with Crippen molar-refractivity contribution in [3.05, 3.63) is 11.4 Å². The van der Waals surface area contributed by atoms with E-state index in [1.54, 1.807) is 0 Å². The maximum Gasteiger partial charge on any atom is 0.338 e. The molecular weight excluding hydrogens is 318 g/mol. The molecule has 0 N–H and O–H groups in total. The van der Waals surface area contributed by atoms with Crippen LogP contribution in [0.5, 0.6) is 0 Å². The van der Waals surface area contributed by atoms with Crippen LogP contribution in [0.15, 0.2) is 11.4 Å². The molecule has 0 atom stereocenters. The smallest absolute Gasteiger partial charge is 0.338 e. The van der Waals surface area contributed by atoms with E-state index in [0.717, 1.165) is 0 Å². The Morgan fingerprint density at radius 2 is 1.27 bits per heavy atom. The molecule has 1 aliphatic rings. The number of carbonyl (C=O) groups excluding carboxylic acids is 1. The molecule has 0 aromatic carbocycles. The first kappa shape index (κ1) is 19.7. The van der Waals surface area contributed by atoms with Gasteiger partial charge in [0.15, 0.2) is 0 Å². The third kappa shape index (κ3) is 3.28. The zero-order chi connectivity index (χ0) is 17.3. The van der Waals surface area contributed by atoms with Crippen molar-refractivity contribution in [1.29, 1.82) is 0 Å². The molecule has 0 saturated heterocycles. The highest BCUT2D eigenvalue weighted by Crippen LogP contribution is 2.64. The van der Waals surface area contributed by atoms with Gasteiger partial charge >= 0.3 is 5.97 Å². The van der Waals surface area contributed by atoms with Gasteiger partial charge in [-0.25, -0.2) is 4.79 Å².